The Labute approximate surface area is 259 Å². The molecular formula is C28H29N9O7S. The molecule has 3 aromatic heterocycles. The molecule has 6 rings (SSSR count). The number of nitrogens with one attached hydrogen (secondary N) is 1. The molecule has 5 aromatic rings. The van der Waals surface area contributed by atoms with Crippen molar-refractivity contribution in [3.8, 4) is 22.9 Å². The Bertz CT molecular complexity index is 1870. The molecule has 0 amide bonds. The fourth-order valence-electron chi connectivity index (χ4n) is 5.07. The summed E-state index contributed by atoms with van der Waals surface area (Å²) in [4.78, 5) is 32.6. The minimum atomic E-state index is -1.20. The van der Waals surface area contributed by atoms with Crippen molar-refractivity contribution in [3.05, 3.63) is 59.2 Å². The van der Waals surface area contributed by atoms with E-state index >= 15 is 0 Å². The van der Waals surface area contributed by atoms with Gasteiger partial charge in [0.2, 0.25) is 0 Å². The Morgan fingerprint density at radius 2 is 1.91 bits per heavy atom. The lowest BCUT2D eigenvalue weighted by Crippen LogP contribution is -2.32. The molecule has 45 heavy (non-hydrogen) atoms. The highest BCUT2D eigenvalue weighted by molar-refractivity contribution is 7.99. The number of nitrogens with zero attached hydrogens (tertiary/aromatic N) is 7. The van der Waals surface area contributed by atoms with Gasteiger partial charge in [0.1, 0.15) is 29.9 Å². The number of rotatable bonds is 11. The zero-order valence-electron chi connectivity index (χ0n) is 24.1. The molecule has 4 heterocycles. The average Bonchev–Trinajstić information content (AvgIpc) is 3.61. The molecule has 17 heteroatoms. The van der Waals surface area contributed by atoms with Gasteiger partial charge in [0.05, 0.1) is 37.1 Å². The minimum Gasteiger partial charge on any atom is -0.493 e. The van der Waals surface area contributed by atoms with Gasteiger partial charge in [-0.25, -0.2) is 24.9 Å². The van der Waals surface area contributed by atoms with Gasteiger partial charge in [-0.3, -0.25) is 14.7 Å². The number of hydrogen-bond donors (Lipinski definition) is 4. The lowest BCUT2D eigenvalue weighted by Gasteiger charge is -2.16. The number of fused-ring (bicyclic) bond motifs is 2. The van der Waals surface area contributed by atoms with Gasteiger partial charge in [0.15, 0.2) is 35.0 Å². The Morgan fingerprint density at radius 1 is 1.11 bits per heavy atom. The third kappa shape index (κ3) is 5.85. The summed E-state index contributed by atoms with van der Waals surface area (Å²) in [6.07, 6.45) is -1.12. The second-order valence-electron chi connectivity index (χ2n) is 10.1. The van der Waals surface area contributed by atoms with E-state index in [0.29, 0.717) is 68.8 Å². The predicted octanol–water partition coefficient (Wildman–Crippen LogP) is 2.41. The van der Waals surface area contributed by atoms with Gasteiger partial charge in [-0.05, 0) is 6.07 Å². The van der Waals surface area contributed by atoms with Gasteiger partial charge in [-0.1, -0.05) is 12.1 Å². The summed E-state index contributed by atoms with van der Waals surface area (Å²) in [6, 6.07) is 9.61. The topological polar surface area (TPSA) is 219 Å². The molecule has 234 valence electrons. The summed E-state index contributed by atoms with van der Waals surface area (Å²) in [5, 5.41) is 36.8. The van der Waals surface area contributed by atoms with Crippen LogP contribution in [-0.2, 0) is 4.74 Å². The molecular weight excluding hydrogens is 606 g/mol. The third-order valence-corrected chi connectivity index (χ3v) is 8.39. The number of aliphatic hydroxyl groups excluding tert-OH is 2. The zero-order valence-corrected chi connectivity index (χ0v) is 24.9. The van der Waals surface area contributed by atoms with Crippen LogP contribution in [-0.4, -0.2) is 95.2 Å². The highest BCUT2D eigenvalue weighted by atomic mass is 32.2. The van der Waals surface area contributed by atoms with Crippen LogP contribution in [0.3, 0.4) is 0 Å². The number of thioether (sulfide) groups is 1. The molecule has 2 aromatic carbocycles. The van der Waals surface area contributed by atoms with Gasteiger partial charge in [-0.15, -0.1) is 0 Å². The summed E-state index contributed by atoms with van der Waals surface area (Å²) in [5.74, 6) is 2.97. The second kappa shape index (κ2) is 12.6. The van der Waals surface area contributed by atoms with Crippen LogP contribution in [0, 0.1) is 10.1 Å². The highest BCUT2D eigenvalue weighted by Crippen LogP contribution is 2.36. The SMILES string of the molecule is COc1cc2nc(-c3cccc([N+](=O)[O-])c3)nc(NCCSC[C@H]3O[C@@H](n4cnc5c(N)ncnc54)[C@H](O)[C@@H]3O)c2cc1OC. The number of imidazole rings is 1. The molecule has 1 aliphatic rings. The van der Waals surface area contributed by atoms with E-state index in [1.54, 1.807) is 24.3 Å². The van der Waals surface area contributed by atoms with Crippen LogP contribution in [0.25, 0.3) is 33.5 Å². The molecule has 16 nitrogen and oxygen atoms in total. The highest BCUT2D eigenvalue weighted by Gasteiger charge is 2.44. The molecule has 0 spiro atoms. The van der Waals surface area contributed by atoms with E-state index in [2.05, 4.69) is 25.3 Å². The van der Waals surface area contributed by atoms with Crippen molar-refractivity contribution in [2.45, 2.75) is 24.5 Å². The number of aliphatic hydroxyl groups is 2. The normalized spacial score (nSPS) is 19.6. The van der Waals surface area contributed by atoms with Crippen molar-refractivity contribution in [2.24, 2.45) is 0 Å². The van der Waals surface area contributed by atoms with Gasteiger partial charge >= 0.3 is 0 Å². The largest absolute Gasteiger partial charge is 0.493 e. The molecule has 1 saturated heterocycles. The maximum absolute atomic E-state index is 11.4. The van der Waals surface area contributed by atoms with Crippen molar-refractivity contribution in [2.75, 3.05) is 43.3 Å². The van der Waals surface area contributed by atoms with E-state index < -0.39 is 29.5 Å². The maximum atomic E-state index is 11.4. The van der Waals surface area contributed by atoms with Crippen LogP contribution >= 0.6 is 11.8 Å². The number of nitro groups is 1. The lowest BCUT2D eigenvalue weighted by atomic mass is 10.1. The molecule has 0 saturated carbocycles. The molecule has 0 unspecified atom stereocenters. The van der Waals surface area contributed by atoms with Crippen LogP contribution in [0.15, 0.2) is 49.1 Å². The van der Waals surface area contributed by atoms with Gasteiger partial charge in [0.25, 0.3) is 5.69 Å². The molecule has 1 fully saturated rings. The number of aromatic nitrogens is 6. The molecule has 0 radical (unpaired) electrons. The summed E-state index contributed by atoms with van der Waals surface area (Å²) in [5.41, 5.74) is 7.62. The zero-order chi connectivity index (χ0) is 31.7. The summed E-state index contributed by atoms with van der Waals surface area (Å²) in [7, 11) is 3.06. The number of hydrogen-bond acceptors (Lipinski definition) is 15. The molecule has 0 bridgehead atoms. The first kappa shape index (κ1) is 30.2. The van der Waals surface area contributed by atoms with E-state index in [1.165, 1.54) is 55.3 Å². The molecule has 0 aliphatic carbocycles. The van der Waals surface area contributed by atoms with Crippen molar-refractivity contribution in [1.29, 1.82) is 0 Å². The first-order valence-electron chi connectivity index (χ1n) is 13.7. The Kier molecular flexibility index (Phi) is 8.48. The van der Waals surface area contributed by atoms with Crippen LogP contribution in [0.2, 0.25) is 0 Å². The van der Waals surface area contributed by atoms with Gasteiger partial charge < -0.3 is 35.5 Å². The Hall–Kier alpha value is -4.84. The number of non-ortho nitro benzene ring substituents is 1. The van der Waals surface area contributed by atoms with Crippen LogP contribution in [0.4, 0.5) is 17.3 Å². The third-order valence-electron chi connectivity index (χ3n) is 7.34. The summed E-state index contributed by atoms with van der Waals surface area (Å²) < 4.78 is 18.5. The fourth-order valence-corrected chi connectivity index (χ4v) is 5.99. The fraction of sp³-hybridized carbons (Fsp3) is 0.321. The van der Waals surface area contributed by atoms with E-state index in [0.717, 1.165) is 0 Å². The smallest absolute Gasteiger partial charge is 0.270 e. The number of methoxy groups -OCH3 is 2. The van der Waals surface area contributed by atoms with E-state index in [9.17, 15) is 20.3 Å². The maximum Gasteiger partial charge on any atom is 0.270 e. The van der Waals surface area contributed by atoms with E-state index in [-0.39, 0.29) is 11.5 Å². The average molecular weight is 636 g/mol. The number of anilines is 2. The standard InChI is InChI=1S/C28H29N9O7S/c1-42-18-9-16-17(10-19(18)43-2)34-25(14-4-3-5-15(8-14)37(40)41)35-26(16)30-6-7-45-11-20-22(38)23(39)28(44-20)36-13-33-21-24(29)31-12-32-27(21)36/h3-5,8-10,12-13,20,22-23,28,38-39H,6-7,11H2,1-2H3,(H2,29,31,32)(H,30,34,35)/t20-,22-,23-,28-/m1/s1. The molecule has 4 atom stereocenters. The van der Waals surface area contributed by atoms with Crippen molar-refractivity contribution >= 4 is 51.2 Å². The lowest BCUT2D eigenvalue weighted by molar-refractivity contribution is -0.384. The quantitative estimate of drug-likeness (QED) is 0.0930. The minimum absolute atomic E-state index is 0.0725. The summed E-state index contributed by atoms with van der Waals surface area (Å²) >= 11 is 1.51. The second-order valence-corrected chi connectivity index (χ2v) is 11.2. The van der Waals surface area contributed by atoms with E-state index in [1.807, 2.05) is 0 Å². The van der Waals surface area contributed by atoms with Crippen LogP contribution in [0.1, 0.15) is 6.23 Å². The number of ether oxygens (including phenoxy) is 3. The van der Waals surface area contributed by atoms with Crippen molar-refractivity contribution in [3.63, 3.8) is 0 Å². The van der Waals surface area contributed by atoms with Crippen LogP contribution < -0.4 is 20.5 Å². The number of nitrogens with two attached hydrogens (primary N) is 1. The Morgan fingerprint density at radius 3 is 2.69 bits per heavy atom. The monoisotopic (exact) mass is 635 g/mol. The first-order chi connectivity index (χ1) is 21.8. The van der Waals surface area contributed by atoms with Crippen LogP contribution in [0.5, 0.6) is 11.5 Å². The number of benzene rings is 2. The number of nitrogen functional groups attached to an aromatic ring is 1. The molecule has 1 aliphatic heterocycles. The predicted molar refractivity (Wildman–Crippen MR) is 166 cm³/mol. The van der Waals surface area contributed by atoms with Crippen molar-refractivity contribution in [1.82, 2.24) is 29.5 Å². The summed E-state index contributed by atoms with van der Waals surface area (Å²) in [6.45, 7) is 0.469. The van der Waals surface area contributed by atoms with E-state index in [4.69, 9.17) is 24.9 Å². The molecule has 5 N–H and O–H groups in total. The first-order valence-corrected chi connectivity index (χ1v) is 14.9. The van der Waals surface area contributed by atoms with Crippen molar-refractivity contribution < 1.29 is 29.3 Å². The number of nitro benzene ring substituents is 1. The Balaban J connectivity index is 1.16. The van der Waals surface area contributed by atoms with Gasteiger partial charge in [0, 0.05) is 47.2 Å². The van der Waals surface area contributed by atoms with Gasteiger partial charge in [-0.2, -0.15) is 11.8 Å².